The first-order valence-corrected chi connectivity index (χ1v) is 7.98. The van der Waals surface area contributed by atoms with Crippen molar-refractivity contribution in [1.29, 1.82) is 0 Å². The van der Waals surface area contributed by atoms with E-state index in [1.807, 2.05) is 19.2 Å². The molecule has 21 heavy (non-hydrogen) atoms. The smallest absolute Gasteiger partial charge is 0.308 e. The first kappa shape index (κ1) is 16.0. The molecule has 1 aliphatic rings. The largest absolute Gasteiger partial charge is 0.466 e. The van der Waals surface area contributed by atoms with Crippen LogP contribution in [0.4, 0.5) is 0 Å². The molecule has 116 valence electrons. The molecule has 1 aliphatic heterocycles. The highest BCUT2D eigenvalue weighted by Gasteiger charge is 2.36. The van der Waals surface area contributed by atoms with Crippen LogP contribution in [0.25, 0.3) is 0 Å². The number of carbonyl (C=O) groups is 1. The number of esters is 1. The topological polar surface area (TPSA) is 42.4 Å². The fraction of sp³-hybridized carbons (Fsp3) is 0.647. The Balaban J connectivity index is 2.26. The number of pyridine rings is 1. The summed E-state index contributed by atoms with van der Waals surface area (Å²) in [5, 5.41) is 0. The van der Waals surface area contributed by atoms with Crippen molar-refractivity contribution in [2.24, 2.45) is 0 Å². The van der Waals surface area contributed by atoms with Crippen molar-refractivity contribution in [3.05, 3.63) is 30.1 Å². The van der Waals surface area contributed by atoms with Crippen LogP contribution in [0, 0.1) is 0 Å². The van der Waals surface area contributed by atoms with Crippen LogP contribution in [0.1, 0.15) is 51.5 Å². The van der Waals surface area contributed by atoms with Crippen LogP contribution in [-0.4, -0.2) is 35.5 Å². The molecule has 0 bridgehead atoms. The molecule has 0 aliphatic carbocycles. The SMILES string of the molecule is CCOC(=O)CC(C)(c1cccnc1)N1CCCCCC1. The molecule has 1 atom stereocenters. The van der Waals surface area contributed by atoms with Crippen LogP contribution >= 0.6 is 0 Å². The second-order valence-electron chi connectivity index (χ2n) is 5.90. The van der Waals surface area contributed by atoms with E-state index in [9.17, 15) is 4.79 Å². The summed E-state index contributed by atoms with van der Waals surface area (Å²) in [6.07, 6.45) is 8.97. The summed E-state index contributed by atoms with van der Waals surface area (Å²) in [6.45, 7) is 6.50. The number of hydrogen-bond acceptors (Lipinski definition) is 4. The number of ether oxygens (including phenoxy) is 1. The molecular weight excluding hydrogens is 264 g/mol. The molecular formula is C17H26N2O2. The van der Waals surface area contributed by atoms with Crippen molar-refractivity contribution >= 4 is 5.97 Å². The van der Waals surface area contributed by atoms with Gasteiger partial charge in [-0.3, -0.25) is 14.7 Å². The highest BCUT2D eigenvalue weighted by Crippen LogP contribution is 2.33. The molecule has 4 heteroatoms. The van der Waals surface area contributed by atoms with E-state index >= 15 is 0 Å². The van der Waals surface area contributed by atoms with E-state index < -0.39 is 0 Å². The van der Waals surface area contributed by atoms with Gasteiger partial charge in [0.1, 0.15) is 0 Å². The van der Waals surface area contributed by atoms with Crippen LogP contribution in [-0.2, 0) is 15.1 Å². The lowest BCUT2D eigenvalue weighted by molar-refractivity contribution is -0.146. The molecule has 1 aromatic heterocycles. The Morgan fingerprint density at radius 2 is 2.05 bits per heavy atom. The zero-order valence-corrected chi connectivity index (χ0v) is 13.2. The van der Waals surface area contributed by atoms with Gasteiger partial charge >= 0.3 is 5.97 Å². The summed E-state index contributed by atoms with van der Waals surface area (Å²) in [7, 11) is 0. The summed E-state index contributed by atoms with van der Waals surface area (Å²) in [5.41, 5.74) is 0.769. The molecule has 0 amide bonds. The molecule has 0 radical (unpaired) electrons. The van der Waals surface area contributed by atoms with Crippen molar-refractivity contribution in [1.82, 2.24) is 9.88 Å². The summed E-state index contributed by atoms with van der Waals surface area (Å²) in [6, 6.07) is 4.01. The Bertz CT molecular complexity index is 441. The van der Waals surface area contributed by atoms with Crippen LogP contribution < -0.4 is 0 Å². The van der Waals surface area contributed by atoms with Gasteiger partial charge in [0.15, 0.2) is 0 Å². The minimum Gasteiger partial charge on any atom is -0.466 e. The first-order valence-electron chi connectivity index (χ1n) is 7.98. The van der Waals surface area contributed by atoms with Crippen LogP contribution in [0.15, 0.2) is 24.5 Å². The van der Waals surface area contributed by atoms with Gasteiger partial charge in [0.05, 0.1) is 18.6 Å². The Hall–Kier alpha value is -1.42. The highest BCUT2D eigenvalue weighted by atomic mass is 16.5. The summed E-state index contributed by atoms with van der Waals surface area (Å²) >= 11 is 0. The van der Waals surface area contributed by atoms with E-state index in [0.29, 0.717) is 13.0 Å². The number of nitrogens with zero attached hydrogens (tertiary/aromatic N) is 2. The fourth-order valence-electron chi connectivity index (χ4n) is 3.14. The highest BCUT2D eigenvalue weighted by molar-refractivity contribution is 5.71. The molecule has 2 heterocycles. The molecule has 2 rings (SSSR count). The van der Waals surface area contributed by atoms with Gasteiger partial charge < -0.3 is 4.74 Å². The summed E-state index contributed by atoms with van der Waals surface area (Å²) in [4.78, 5) is 18.8. The van der Waals surface area contributed by atoms with Crippen molar-refractivity contribution in [2.45, 2.75) is 51.5 Å². The average Bonchev–Trinajstić information content (AvgIpc) is 2.78. The van der Waals surface area contributed by atoms with Gasteiger partial charge in [0.2, 0.25) is 0 Å². The maximum atomic E-state index is 12.1. The Kier molecular flexibility index (Phi) is 5.74. The summed E-state index contributed by atoms with van der Waals surface area (Å²) in [5.74, 6) is -0.131. The summed E-state index contributed by atoms with van der Waals surface area (Å²) < 4.78 is 5.20. The van der Waals surface area contributed by atoms with E-state index in [1.54, 1.807) is 6.20 Å². The zero-order chi connectivity index (χ0) is 15.1. The van der Waals surface area contributed by atoms with Gasteiger partial charge in [0.25, 0.3) is 0 Å². The number of carbonyl (C=O) groups excluding carboxylic acids is 1. The van der Waals surface area contributed by atoms with Gasteiger partial charge in [-0.05, 0) is 51.4 Å². The van der Waals surface area contributed by atoms with E-state index in [-0.39, 0.29) is 11.5 Å². The van der Waals surface area contributed by atoms with Crippen molar-refractivity contribution in [2.75, 3.05) is 19.7 Å². The maximum Gasteiger partial charge on any atom is 0.308 e. The average molecular weight is 290 g/mol. The maximum absolute atomic E-state index is 12.1. The molecule has 1 fully saturated rings. The lowest BCUT2D eigenvalue weighted by Crippen LogP contribution is -2.46. The monoisotopic (exact) mass is 290 g/mol. The van der Waals surface area contributed by atoms with Crippen molar-refractivity contribution < 1.29 is 9.53 Å². The Morgan fingerprint density at radius 1 is 1.33 bits per heavy atom. The number of hydrogen-bond donors (Lipinski definition) is 0. The predicted octanol–water partition coefficient (Wildman–Crippen LogP) is 3.13. The first-order chi connectivity index (χ1) is 10.2. The predicted molar refractivity (Wildman–Crippen MR) is 82.9 cm³/mol. The van der Waals surface area contributed by atoms with Crippen LogP contribution in [0.3, 0.4) is 0 Å². The standard InChI is InChI=1S/C17H26N2O2/c1-3-21-16(20)13-17(2,15-9-8-10-18-14-15)19-11-6-4-5-7-12-19/h8-10,14H,3-7,11-13H2,1-2H3. The van der Waals surface area contributed by atoms with E-state index in [1.165, 1.54) is 25.7 Å². The molecule has 1 unspecified atom stereocenters. The third kappa shape index (κ3) is 4.03. The second kappa shape index (κ2) is 7.55. The second-order valence-corrected chi connectivity index (χ2v) is 5.90. The molecule has 1 aromatic rings. The molecule has 0 N–H and O–H groups in total. The minimum absolute atomic E-state index is 0.131. The number of likely N-dealkylation sites (tertiary alicyclic amines) is 1. The van der Waals surface area contributed by atoms with E-state index in [4.69, 9.17) is 4.74 Å². The van der Waals surface area contributed by atoms with Gasteiger partial charge in [-0.1, -0.05) is 18.9 Å². The molecule has 1 saturated heterocycles. The number of aromatic nitrogens is 1. The van der Waals surface area contributed by atoms with E-state index in [2.05, 4.69) is 22.9 Å². The normalized spacial score (nSPS) is 19.5. The molecule has 0 saturated carbocycles. The van der Waals surface area contributed by atoms with Crippen molar-refractivity contribution in [3.63, 3.8) is 0 Å². The lowest BCUT2D eigenvalue weighted by atomic mass is 9.87. The fourth-order valence-corrected chi connectivity index (χ4v) is 3.14. The Morgan fingerprint density at radius 3 is 2.62 bits per heavy atom. The number of rotatable bonds is 5. The third-order valence-corrected chi connectivity index (χ3v) is 4.38. The molecule has 0 spiro atoms. The molecule has 4 nitrogen and oxygen atoms in total. The Labute approximate surface area is 127 Å². The lowest BCUT2D eigenvalue weighted by Gasteiger charge is -2.40. The van der Waals surface area contributed by atoms with Gasteiger partial charge in [-0.15, -0.1) is 0 Å². The van der Waals surface area contributed by atoms with E-state index in [0.717, 1.165) is 18.7 Å². The van der Waals surface area contributed by atoms with Crippen LogP contribution in [0.5, 0.6) is 0 Å². The zero-order valence-electron chi connectivity index (χ0n) is 13.2. The van der Waals surface area contributed by atoms with Gasteiger partial charge in [-0.25, -0.2) is 0 Å². The third-order valence-electron chi connectivity index (χ3n) is 4.38. The molecule has 0 aromatic carbocycles. The van der Waals surface area contributed by atoms with Crippen LogP contribution in [0.2, 0.25) is 0 Å². The van der Waals surface area contributed by atoms with Crippen molar-refractivity contribution in [3.8, 4) is 0 Å². The quantitative estimate of drug-likeness (QED) is 0.781. The van der Waals surface area contributed by atoms with Gasteiger partial charge in [0, 0.05) is 12.4 Å². The van der Waals surface area contributed by atoms with Gasteiger partial charge in [-0.2, -0.15) is 0 Å². The minimum atomic E-state index is -0.329.